The first-order chi connectivity index (χ1) is 19.3. The fraction of sp³-hybridized carbons (Fsp3) is 0.133. The summed E-state index contributed by atoms with van der Waals surface area (Å²) in [6.45, 7) is 3.50. The topological polar surface area (TPSA) is 119 Å². The van der Waals surface area contributed by atoms with Crippen LogP contribution in [-0.4, -0.2) is 43.5 Å². The van der Waals surface area contributed by atoms with Crippen molar-refractivity contribution >= 4 is 39.9 Å². The van der Waals surface area contributed by atoms with Crippen molar-refractivity contribution in [3.63, 3.8) is 0 Å². The van der Waals surface area contributed by atoms with Crippen LogP contribution in [0, 0.1) is 5.82 Å². The predicted molar refractivity (Wildman–Crippen MR) is 151 cm³/mol. The molecule has 204 valence electrons. The summed E-state index contributed by atoms with van der Waals surface area (Å²) < 4.78 is 23.8. The van der Waals surface area contributed by atoms with Crippen LogP contribution in [0.3, 0.4) is 0 Å². The molecular weight excluding hydrogens is 515 g/mol. The van der Waals surface area contributed by atoms with Crippen molar-refractivity contribution in [2.45, 2.75) is 6.61 Å². The lowest BCUT2D eigenvalue weighted by molar-refractivity contribution is -0.115. The Labute approximate surface area is 230 Å². The smallest absolute Gasteiger partial charge is 0.270 e. The molecule has 0 fully saturated rings. The number of carbonyl (C=O) groups excluding carboxylic acids is 3. The number of nitrogens with zero attached hydrogens (tertiary/aromatic N) is 1. The molecule has 0 radical (unpaired) electrons. The number of anilines is 2. The lowest BCUT2D eigenvalue weighted by Gasteiger charge is -2.14. The zero-order valence-electron chi connectivity index (χ0n) is 21.9. The number of fused-ring (bicyclic) bond motifs is 1. The van der Waals surface area contributed by atoms with E-state index in [0.29, 0.717) is 29.2 Å². The second-order valence-corrected chi connectivity index (χ2v) is 8.65. The van der Waals surface area contributed by atoms with E-state index in [9.17, 15) is 18.8 Å². The normalized spacial score (nSPS) is 10.6. The van der Waals surface area contributed by atoms with E-state index in [-0.39, 0.29) is 23.9 Å². The van der Waals surface area contributed by atoms with Gasteiger partial charge in [0.2, 0.25) is 11.8 Å². The summed E-state index contributed by atoms with van der Waals surface area (Å²) in [5.41, 5.74) is 3.07. The predicted octanol–water partition coefficient (Wildman–Crippen LogP) is 4.69. The molecule has 4 rings (SSSR count). The average molecular weight is 543 g/mol. The maximum Gasteiger partial charge on any atom is 0.270 e. The summed E-state index contributed by atoms with van der Waals surface area (Å²) in [5, 5.41) is 9.64. The summed E-state index contributed by atoms with van der Waals surface area (Å²) in [6.07, 6.45) is 1.19. The van der Waals surface area contributed by atoms with Gasteiger partial charge in [-0.3, -0.25) is 14.4 Å². The minimum Gasteiger partial charge on any atom is -0.494 e. The number of rotatable bonds is 10. The van der Waals surface area contributed by atoms with Gasteiger partial charge in [-0.05, 0) is 41.8 Å². The first-order valence-corrected chi connectivity index (χ1v) is 12.2. The number of benzene rings is 3. The van der Waals surface area contributed by atoms with Crippen molar-refractivity contribution < 1.29 is 28.2 Å². The Morgan fingerprint density at radius 2 is 1.80 bits per heavy atom. The minimum atomic E-state index is -0.556. The van der Waals surface area contributed by atoms with Gasteiger partial charge in [-0.15, -0.1) is 0 Å². The Morgan fingerprint density at radius 3 is 2.55 bits per heavy atom. The molecule has 0 unspecified atom stereocenters. The molecular formula is C30H27FN4O5. The van der Waals surface area contributed by atoms with E-state index >= 15 is 0 Å². The Hall–Kier alpha value is -5.09. The van der Waals surface area contributed by atoms with Crippen LogP contribution in [0.1, 0.15) is 16.1 Å². The van der Waals surface area contributed by atoms with Crippen molar-refractivity contribution in [3.05, 3.63) is 96.5 Å². The van der Waals surface area contributed by atoms with Gasteiger partial charge >= 0.3 is 0 Å². The highest BCUT2D eigenvalue weighted by molar-refractivity contribution is 6.08. The highest BCUT2D eigenvalue weighted by Gasteiger charge is 2.14. The molecule has 3 N–H and O–H groups in total. The number of ether oxygens (including phenoxy) is 2. The molecule has 10 heteroatoms. The monoisotopic (exact) mass is 542 g/mol. The minimum absolute atomic E-state index is 0.0123. The van der Waals surface area contributed by atoms with Gasteiger partial charge in [0.25, 0.3) is 5.91 Å². The molecule has 9 nitrogen and oxygen atoms in total. The number of hydrogen-bond acceptors (Lipinski definition) is 6. The highest BCUT2D eigenvalue weighted by Crippen LogP contribution is 2.32. The second-order valence-electron chi connectivity index (χ2n) is 8.65. The first-order valence-electron chi connectivity index (χ1n) is 12.2. The van der Waals surface area contributed by atoms with Crippen molar-refractivity contribution in [3.8, 4) is 17.0 Å². The fourth-order valence-electron chi connectivity index (χ4n) is 4.04. The number of hydrogen-bond donors (Lipinski definition) is 3. The fourth-order valence-corrected chi connectivity index (χ4v) is 4.04. The average Bonchev–Trinajstić information content (AvgIpc) is 2.97. The van der Waals surface area contributed by atoms with E-state index in [1.807, 2.05) is 30.3 Å². The van der Waals surface area contributed by atoms with Gasteiger partial charge in [-0.1, -0.05) is 36.9 Å². The molecule has 0 aliphatic carbocycles. The largest absolute Gasteiger partial charge is 0.494 e. The standard InChI is InChI=1S/C30H27FN4O5/c1-4-27(36)35-29-20(17-39-2)11-9-18-8-10-19(14-22(18)29)24-6-5-7-25(34-24)30(38)32-16-28(37)33-21-12-13-23(31)26(15-21)40-3/h4-15H,1,16-17H2,2-3H3,(H,32,38)(H,33,37)(H,35,36). The quantitative estimate of drug-likeness (QED) is 0.250. The van der Waals surface area contributed by atoms with E-state index in [0.717, 1.165) is 16.3 Å². The molecule has 1 aromatic heterocycles. The second kappa shape index (κ2) is 12.6. The number of nitrogens with one attached hydrogen (secondary N) is 3. The van der Waals surface area contributed by atoms with Crippen LogP contribution in [0.2, 0.25) is 0 Å². The Balaban J connectivity index is 1.53. The van der Waals surface area contributed by atoms with Gasteiger partial charge in [0, 0.05) is 35.4 Å². The Kier molecular flexibility index (Phi) is 8.82. The maximum atomic E-state index is 13.6. The third-order valence-corrected chi connectivity index (χ3v) is 5.96. The first kappa shape index (κ1) is 27.9. The van der Waals surface area contributed by atoms with Gasteiger partial charge in [0.15, 0.2) is 11.6 Å². The van der Waals surface area contributed by atoms with Gasteiger partial charge in [-0.25, -0.2) is 9.37 Å². The lowest BCUT2D eigenvalue weighted by Crippen LogP contribution is -2.33. The number of methoxy groups -OCH3 is 2. The number of pyridine rings is 1. The summed E-state index contributed by atoms with van der Waals surface area (Å²) in [6, 6.07) is 18.3. The van der Waals surface area contributed by atoms with Crippen LogP contribution < -0.4 is 20.7 Å². The van der Waals surface area contributed by atoms with E-state index in [1.165, 1.54) is 37.5 Å². The third kappa shape index (κ3) is 6.48. The summed E-state index contributed by atoms with van der Waals surface area (Å²) in [7, 11) is 2.89. The molecule has 4 aromatic rings. The van der Waals surface area contributed by atoms with Crippen LogP contribution >= 0.6 is 0 Å². The van der Waals surface area contributed by atoms with Crippen LogP contribution in [0.5, 0.6) is 5.75 Å². The van der Waals surface area contributed by atoms with Gasteiger partial charge in [0.1, 0.15) is 5.69 Å². The molecule has 0 atom stereocenters. The van der Waals surface area contributed by atoms with E-state index < -0.39 is 17.6 Å². The molecule has 3 aromatic carbocycles. The lowest BCUT2D eigenvalue weighted by atomic mass is 10.00. The van der Waals surface area contributed by atoms with E-state index in [4.69, 9.17) is 9.47 Å². The van der Waals surface area contributed by atoms with Crippen molar-refractivity contribution in [1.82, 2.24) is 10.3 Å². The summed E-state index contributed by atoms with van der Waals surface area (Å²) in [5.74, 6) is -1.97. The number of aromatic nitrogens is 1. The zero-order chi connectivity index (χ0) is 28.6. The number of carbonyl (C=O) groups is 3. The molecule has 40 heavy (non-hydrogen) atoms. The van der Waals surface area contributed by atoms with Crippen LogP contribution in [0.15, 0.2) is 79.4 Å². The molecule has 0 spiro atoms. The molecule has 0 saturated heterocycles. The number of amides is 3. The summed E-state index contributed by atoms with van der Waals surface area (Å²) >= 11 is 0. The maximum absolute atomic E-state index is 13.6. The van der Waals surface area contributed by atoms with Crippen LogP contribution in [0.4, 0.5) is 15.8 Å². The van der Waals surface area contributed by atoms with Crippen molar-refractivity contribution in [2.75, 3.05) is 31.4 Å². The van der Waals surface area contributed by atoms with Gasteiger partial charge < -0.3 is 25.4 Å². The molecule has 0 saturated carbocycles. The Bertz CT molecular complexity index is 1600. The number of halogens is 1. The van der Waals surface area contributed by atoms with Crippen LogP contribution in [-0.2, 0) is 20.9 Å². The van der Waals surface area contributed by atoms with E-state index in [1.54, 1.807) is 19.2 Å². The molecule has 1 heterocycles. The van der Waals surface area contributed by atoms with Crippen molar-refractivity contribution in [2.24, 2.45) is 0 Å². The molecule has 0 aliphatic heterocycles. The van der Waals surface area contributed by atoms with Crippen LogP contribution in [0.25, 0.3) is 22.0 Å². The highest BCUT2D eigenvalue weighted by atomic mass is 19.1. The van der Waals surface area contributed by atoms with E-state index in [2.05, 4.69) is 27.5 Å². The molecule has 3 amide bonds. The molecule has 0 aliphatic rings. The SMILES string of the molecule is C=CC(=O)Nc1c(COC)ccc2ccc(-c3cccc(C(=O)NCC(=O)Nc4ccc(F)c(OC)c4)n3)cc12. The zero-order valence-corrected chi connectivity index (χ0v) is 21.9. The summed E-state index contributed by atoms with van der Waals surface area (Å²) in [4.78, 5) is 41.7. The Morgan fingerprint density at radius 1 is 1.00 bits per heavy atom. The van der Waals surface area contributed by atoms with Gasteiger partial charge in [0.05, 0.1) is 31.6 Å². The van der Waals surface area contributed by atoms with Crippen molar-refractivity contribution in [1.29, 1.82) is 0 Å². The third-order valence-electron chi connectivity index (χ3n) is 5.96. The van der Waals surface area contributed by atoms with Gasteiger partial charge in [-0.2, -0.15) is 0 Å². The molecule has 0 bridgehead atoms.